The van der Waals surface area contributed by atoms with Crippen LogP contribution in [0.1, 0.15) is 34.4 Å². The number of halogens is 1. The third-order valence-electron chi connectivity index (χ3n) is 4.61. The maximum atomic E-state index is 3.79. The Hall–Kier alpha value is -1.16. The van der Waals surface area contributed by atoms with Crippen molar-refractivity contribution in [2.24, 2.45) is 0 Å². The molecule has 1 saturated heterocycles. The smallest absolute Gasteiger partial charge is 0.0491 e. The number of hydrogen-bond donors (Lipinski definition) is 0. The van der Waals surface area contributed by atoms with Crippen molar-refractivity contribution in [1.82, 2.24) is 4.90 Å². The fourth-order valence-electron chi connectivity index (χ4n) is 3.41. The molecule has 1 aromatic carbocycles. The summed E-state index contributed by atoms with van der Waals surface area (Å²) >= 11 is 5.61. The molecule has 1 aliphatic heterocycles. The van der Waals surface area contributed by atoms with E-state index in [0.717, 1.165) is 13.1 Å². The van der Waals surface area contributed by atoms with Gasteiger partial charge in [-0.25, -0.2) is 0 Å². The standard InChI is InChI=1S/C19H18BrNS/c1-21-9-6-13(7-10-21)18-15-5-3-2-4-14(15)12-17(20)19-16(18)8-11-22-19/h2-5,8,11-12H,6-7,9-10H2,1H3. The first kappa shape index (κ1) is 14.4. The molecule has 1 nitrogen and oxygen atoms in total. The van der Waals surface area contributed by atoms with Gasteiger partial charge in [0.05, 0.1) is 0 Å². The topological polar surface area (TPSA) is 3.24 Å². The molecule has 2 heterocycles. The van der Waals surface area contributed by atoms with Gasteiger partial charge in [0, 0.05) is 28.0 Å². The van der Waals surface area contributed by atoms with E-state index in [2.05, 4.69) is 69.7 Å². The van der Waals surface area contributed by atoms with Crippen LogP contribution in [-0.2, 0) is 0 Å². The van der Waals surface area contributed by atoms with Crippen LogP contribution in [0.2, 0.25) is 0 Å². The Morgan fingerprint density at radius 3 is 2.64 bits per heavy atom. The number of benzene rings is 1. The van der Waals surface area contributed by atoms with E-state index in [1.165, 1.54) is 44.5 Å². The Bertz CT molecular complexity index is 774. The predicted octanol–water partition coefficient (Wildman–Crippen LogP) is 5.48. The highest BCUT2D eigenvalue weighted by Gasteiger charge is 2.24. The van der Waals surface area contributed by atoms with Gasteiger partial charge in [-0.2, -0.15) is 0 Å². The van der Waals surface area contributed by atoms with Crippen LogP contribution < -0.4 is 0 Å². The van der Waals surface area contributed by atoms with Gasteiger partial charge in [-0.15, -0.1) is 11.3 Å². The van der Waals surface area contributed by atoms with E-state index in [-0.39, 0.29) is 0 Å². The zero-order valence-corrected chi connectivity index (χ0v) is 15.0. The van der Waals surface area contributed by atoms with Crippen LogP contribution >= 0.6 is 27.3 Å². The molecular weight excluding hydrogens is 354 g/mol. The third kappa shape index (κ3) is 2.41. The van der Waals surface area contributed by atoms with Crippen LogP contribution in [0.3, 0.4) is 0 Å². The molecule has 0 bridgehead atoms. The Balaban J connectivity index is 1.97. The summed E-state index contributed by atoms with van der Waals surface area (Å²) in [5.41, 5.74) is 7.19. The lowest BCUT2D eigenvalue weighted by Crippen LogP contribution is -2.27. The minimum absolute atomic E-state index is 1.16. The molecule has 1 aliphatic carbocycles. The first-order valence-electron chi connectivity index (χ1n) is 7.69. The van der Waals surface area contributed by atoms with E-state index in [1.807, 2.05) is 11.3 Å². The summed E-state index contributed by atoms with van der Waals surface area (Å²) in [5, 5.41) is 2.21. The van der Waals surface area contributed by atoms with Crippen molar-refractivity contribution in [2.75, 3.05) is 20.1 Å². The third-order valence-corrected chi connectivity index (χ3v) is 6.44. The summed E-state index contributed by atoms with van der Waals surface area (Å²) < 4.78 is 1.20. The number of hydrogen-bond acceptors (Lipinski definition) is 2. The molecule has 2 aliphatic rings. The summed E-state index contributed by atoms with van der Waals surface area (Å²) in [6, 6.07) is 11.1. The average Bonchev–Trinajstić information content (AvgIpc) is 2.96. The second kappa shape index (κ2) is 5.80. The van der Waals surface area contributed by atoms with Crippen molar-refractivity contribution < 1.29 is 0 Å². The van der Waals surface area contributed by atoms with Crippen molar-refractivity contribution >= 4 is 43.4 Å². The highest BCUT2D eigenvalue weighted by molar-refractivity contribution is 9.15. The number of rotatable bonds is 0. The summed E-state index contributed by atoms with van der Waals surface area (Å²) in [5.74, 6) is 0. The van der Waals surface area contributed by atoms with Gasteiger partial charge in [0.15, 0.2) is 0 Å². The molecular formula is C19H18BrNS. The molecule has 22 heavy (non-hydrogen) atoms. The minimum Gasteiger partial charge on any atom is -0.306 e. The van der Waals surface area contributed by atoms with Crippen molar-refractivity contribution in [2.45, 2.75) is 12.8 Å². The normalized spacial score (nSPS) is 18.5. The summed E-state index contributed by atoms with van der Waals surface area (Å²) in [4.78, 5) is 3.78. The molecule has 0 atom stereocenters. The first-order chi connectivity index (χ1) is 10.7. The molecule has 2 aromatic rings. The van der Waals surface area contributed by atoms with Crippen LogP contribution in [0.25, 0.3) is 16.1 Å². The quantitative estimate of drug-likeness (QED) is 0.592. The fraction of sp³-hybridized carbons (Fsp3) is 0.263. The average molecular weight is 372 g/mol. The maximum absolute atomic E-state index is 3.79. The zero-order chi connectivity index (χ0) is 15.1. The van der Waals surface area contributed by atoms with Crippen LogP contribution in [0, 0.1) is 0 Å². The summed E-state index contributed by atoms with van der Waals surface area (Å²) in [6.07, 6.45) is 4.62. The van der Waals surface area contributed by atoms with Gasteiger partial charge < -0.3 is 4.90 Å². The van der Waals surface area contributed by atoms with E-state index in [1.54, 1.807) is 5.57 Å². The van der Waals surface area contributed by atoms with Crippen LogP contribution in [-0.4, -0.2) is 25.0 Å². The zero-order valence-electron chi connectivity index (χ0n) is 12.6. The van der Waals surface area contributed by atoms with Gasteiger partial charge in [0.2, 0.25) is 0 Å². The molecule has 0 spiro atoms. The second-order valence-corrected chi connectivity index (χ2v) is 7.80. The van der Waals surface area contributed by atoms with E-state index in [0.29, 0.717) is 0 Å². The Morgan fingerprint density at radius 2 is 1.82 bits per heavy atom. The Labute approximate surface area is 144 Å². The molecule has 3 heteroatoms. The summed E-state index contributed by atoms with van der Waals surface area (Å²) in [6.45, 7) is 2.32. The van der Waals surface area contributed by atoms with E-state index >= 15 is 0 Å². The van der Waals surface area contributed by atoms with E-state index < -0.39 is 0 Å². The van der Waals surface area contributed by atoms with Crippen LogP contribution in [0.4, 0.5) is 0 Å². The summed E-state index contributed by atoms with van der Waals surface area (Å²) in [7, 11) is 2.22. The number of piperidine rings is 1. The van der Waals surface area contributed by atoms with Gasteiger partial charge in [0.1, 0.15) is 0 Å². The molecule has 0 saturated carbocycles. The molecule has 0 N–H and O–H groups in total. The monoisotopic (exact) mass is 371 g/mol. The van der Waals surface area contributed by atoms with Crippen molar-refractivity contribution in [3.05, 3.63) is 62.9 Å². The van der Waals surface area contributed by atoms with Gasteiger partial charge in [-0.05, 0) is 70.0 Å². The van der Waals surface area contributed by atoms with E-state index in [9.17, 15) is 0 Å². The Kier molecular flexibility index (Phi) is 3.81. The molecule has 0 radical (unpaired) electrons. The molecule has 0 amide bonds. The van der Waals surface area contributed by atoms with Gasteiger partial charge in [-0.1, -0.05) is 29.8 Å². The van der Waals surface area contributed by atoms with Crippen molar-refractivity contribution in [3.8, 4) is 0 Å². The van der Waals surface area contributed by atoms with Crippen LogP contribution in [0.5, 0.6) is 0 Å². The highest BCUT2D eigenvalue weighted by atomic mass is 79.9. The predicted molar refractivity (Wildman–Crippen MR) is 100 cm³/mol. The Morgan fingerprint density at radius 1 is 1.05 bits per heavy atom. The fourth-order valence-corrected chi connectivity index (χ4v) is 4.96. The van der Waals surface area contributed by atoms with E-state index in [4.69, 9.17) is 0 Å². The number of fused-ring (bicyclic) bond motifs is 2. The number of likely N-dealkylation sites (tertiary alicyclic amines) is 1. The van der Waals surface area contributed by atoms with Crippen molar-refractivity contribution in [3.63, 3.8) is 0 Å². The first-order valence-corrected chi connectivity index (χ1v) is 9.36. The molecule has 112 valence electrons. The SMILES string of the molecule is CN1CCC(=C2c3ccccc3C=C(Br)c3sccc32)CC1. The van der Waals surface area contributed by atoms with Crippen LogP contribution in [0.15, 0.2) is 41.3 Å². The highest BCUT2D eigenvalue weighted by Crippen LogP contribution is 2.44. The minimum atomic E-state index is 1.16. The number of thiophene rings is 1. The van der Waals surface area contributed by atoms with Gasteiger partial charge >= 0.3 is 0 Å². The number of nitrogens with zero attached hydrogens (tertiary/aromatic N) is 1. The molecule has 1 aromatic heterocycles. The van der Waals surface area contributed by atoms with Gasteiger partial charge in [-0.3, -0.25) is 0 Å². The molecule has 4 rings (SSSR count). The second-order valence-electron chi connectivity index (χ2n) is 6.02. The lowest BCUT2D eigenvalue weighted by Gasteiger charge is -2.27. The molecule has 1 fully saturated rings. The largest absolute Gasteiger partial charge is 0.306 e. The maximum Gasteiger partial charge on any atom is 0.0491 e. The molecule has 0 unspecified atom stereocenters. The lowest BCUT2D eigenvalue weighted by atomic mass is 9.87. The lowest BCUT2D eigenvalue weighted by molar-refractivity contribution is 0.313. The van der Waals surface area contributed by atoms with Crippen molar-refractivity contribution in [1.29, 1.82) is 0 Å². The van der Waals surface area contributed by atoms with Gasteiger partial charge in [0.25, 0.3) is 0 Å².